The Hall–Kier alpha value is -2.26. The molecule has 1 amide bonds. The van der Waals surface area contributed by atoms with Gasteiger partial charge in [-0.2, -0.15) is 5.26 Å². The molecule has 6 heteroatoms. The average molecular weight is 413 g/mol. The maximum atomic E-state index is 13.2. The summed E-state index contributed by atoms with van der Waals surface area (Å²) in [6.45, 7) is 1.59. The molecule has 1 aliphatic heterocycles. The van der Waals surface area contributed by atoms with Gasteiger partial charge >= 0.3 is 0 Å². The summed E-state index contributed by atoms with van der Waals surface area (Å²) in [6, 6.07) is 17.5. The molecule has 1 aliphatic rings. The monoisotopic (exact) mass is 412 g/mol. The van der Waals surface area contributed by atoms with Gasteiger partial charge in [-0.05, 0) is 53.6 Å². The van der Waals surface area contributed by atoms with Crippen LogP contribution in [0.3, 0.4) is 0 Å². The van der Waals surface area contributed by atoms with Gasteiger partial charge in [0.2, 0.25) is 5.91 Å². The molecule has 1 fully saturated rings. The quantitative estimate of drug-likeness (QED) is 0.545. The topological polar surface area (TPSA) is 62.1 Å². The number of nitrogens with zero attached hydrogens (tertiary/aromatic N) is 1. The molecule has 1 saturated heterocycles. The van der Waals surface area contributed by atoms with Crippen LogP contribution in [0.25, 0.3) is 0 Å². The lowest BCUT2D eigenvalue weighted by atomic mass is 9.73. The number of nitrogens with one attached hydrogen (secondary N) is 1. The maximum absolute atomic E-state index is 13.2. The smallest absolute Gasteiger partial charge is 0.231 e. The van der Waals surface area contributed by atoms with Gasteiger partial charge in [-0.15, -0.1) is 0 Å². The van der Waals surface area contributed by atoms with Crippen molar-refractivity contribution in [1.82, 2.24) is 5.32 Å². The summed E-state index contributed by atoms with van der Waals surface area (Å²) < 4.78 is 5.52. The van der Waals surface area contributed by atoms with Crippen LogP contribution in [0.15, 0.2) is 64.9 Å². The van der Waals surface area contributed by atoms with Gasteiger partial charge in [0, 0.05) is 35.8 Å². The summed E-state index contributed by atoms with van der Waals surface area (Å²) in [5, 5.41) is 14.1. The summed E-state index contributed by atoms with van der Waals surface area (Å²) >= 11 is 7.41. The van der Waals surface area contributed by atoms with Gasteiger partial charge in [0.1, 0.15) is 0 Å². The Morgan fingerprint density at radius 2 is 1.86 bits per heavy atom. The molecule has 144 valence electrons. The highest BCUT2D eigenvalue weighted by Crippen LogP contribution is 2.36. The van der Waals surface area contributed by atoms with Crippen molar-refractivity contribution in [1.29, 1.82) is 5.26 Å². The van der Waals surface area contributed by atoms with E-state index >= 15 is 0 Å². The van der Waals surface area contributed by atoms with E-state index in [9.17, 15) is 4.79 Å². The fourth-order valence-electron chi connectivity index (χ4n) is 3.32. The number of benzene rings is 2. The Balaban J connectivity index is 1.75. The largest absolute Gasteiger partial charge is 0.381 e. The van der Waals surface area contributed by atoms with Crippen molar-refractivity contribution in [2.45, 2.75) is 29.7 Å². The molecule has 0 aromatic heterocycles. The molecule has 0 atom stereocenters. The first-order valence-electron chi connectivity index (χ1n) is 9.06. The SMILES string of the molecule is N#CC=CSc1ccc(C2(C(=O)NCc3ccc(Cl)cc3)CCOCC2)cc1. The first-order valence-corrected chi connectivity index (χ1v) is 10.3. The number of rotatable bonds is 6. The summed E-state index contributed by atoms with van der Waals surface area (Å²) in [6.07, 6.45) is 2.75. The van der Waals surface area contributed by atoms with Gasteiger partial charge in [0.05, 0.1) is 11.5 Å². The Kier molecular flexibility index (Phi) is 7.16. The fourth-order valence-corrected chi connectivity index (χ4v) is 4.02. The molecular weight excluding hydrogens is 392 g/mol. The summed E-state index contributed by atoms with van der Waals surface area (Å²) in [7, 11) is 0. The van der Waals surface area contributed by atoms with Crippen LogP contribution < -0.4 is 5.32 Å². The minimum absolute atomic E-state index is 0.0236. The Bertz CT molecular complexity index is 867. The Morgan fingerprint density at radius 1 is 1.18 bits per heavy atom. The first kappa shape index (κ1) is 20.5. The van der Waals surface area contributed by atoms with Crippen molar-refractivity contribution in [3.05, 3.63) is 76.2 Å². The van der Waals surface area contributed by atoms with Crippen LogP contribution in [0.4, 0.5) is 0 Å². The first-order chi connectivity index (χ1) is 13.6. The average Bonchev–Trinajstić information content (AvgIpc) is 2.74. The van der Waals surface area contributed by atoms with Crippen LogP contribution in [-0.2, 0) is 21.5 Å². The number of hydrogen-bond donors (Lipinski definition) is 1. The number of carbonyl (C=O) groups excluding carboxylic acids is 1. The van der Waals surface area contributed by atoms with E-state index in [2.05, 4.69) is 5.32 Å². The van der Waals surface area contributed by atoms with Crippen LogP contribution in [0.5, 0.6) is 0 Å². The molecule has 0 saturated carbocycles. The number of carbonyl (C=O) groups is 1. The molecule has 0 spiro atoms. The van der Waals surface area contributed by atoms with Crippen molar-refractivity contribution in [3.8, 4) is 6.07 Å². The van der Waals surface area contributed by atoms with Crippen molar-refractivity contribution in [3.63, 3.8) is 0 Å². The highest BCUT2D eigenvalue weighted by molar-refractivity contribution is 8.02. The molecule has 4 nitrogen and oxygen atoms in total. The molecular formula is C22H21ClN2O2S. The zero-order valence-electron chi connectivity index (χ0n) is 15.4. The van der Waals surface area contributed by atoms with Crippen LogP contribution in [0.2, 0.25) is 5.02 Å². The number of hydrogen-bond acceptors (Lipinski definition) is 4. The molecule has 28 heavy (non-hydrogen) atoms. The minimum atomic E-state index is -0.587. The van der Waals surface area contributed by atoms with Crippen molar-refractivity contribution in [2.24, 2.45) is 0 Å². The van der Waals surface area contributed by atoms with E-state index in [-0.39, 0.29) is 5.91 Å². The van der Waals surface area contributed by atoms with Crippen molar-refractivity contribution >= 4 is 29.3 Å². The van der Waals surface area contributed by atoms with Gasteiger partial charge in [-0.1, -0.05) is 47.6 Å². The minimum Gasteiger partial charge on any atom is -0.381 e. The summed E-state index contributed by atoms with van der Waals surface area (Å²) in [5.41, 5.74) is 1.42. The molecule has 0 aliphatic carbocycles. The molecule has 1 N–H and O–H groups in total. The molecule has 2 aromatic carbocycles. The number of allylic oxidation sites excluding steroid dienone is 1. The lowest BCUT2D eigenvalue weighted by molar-refractivity contribution is -0.130. The molecule has 2 aromatic rings. The number of ether oxygens (including phenoxy) is 1. The van der Waals surface area contributed by atoms with Gasteiger partial charge < -0.3 is 10.1 Å². The molecule has 1 heterocycles. The van der Waals surface area contributed by atoms with Gasteiger partial charge in [0.15, 0.2) is 0 Å². The predicted octanol–water partition coefficient (Wildman–Crippen LogP) is 4.83. The highest BCUT2D eigenvalue weighted by atomic mass is 35.5. The van der Waals surface area contributed by atoms with E-state index in [0.717, 1.165) is 16.0 Å². The second kappa shape index (κ2) is 9.79. The third-order valence-corrected chi connectivity index (χ3v) is 5.97. The number of thioether (sulfide) groups is 1. The van der Waals surface area contributed by atoms with Gasteiger partial charge in [-0.25, -0.2) is 0 Å². The highest BCUT2D eigenvalue weighted by Gasteiger charge is 2.41. The van der Waals surface area contributed by atoms with Crippen LogP contribution in [0.1, 0.15) is 24.0 Å². The van der Waals surface area contributed by atoms with Gasteiger partial charge in [0.25, 0.3) is 0 Å². The van der Waals surface area contributed by atoms with Crippen LogP contribution in [0, 0.1) is 11.3 Å². The van der Waals surface area contributed by atoms with Crippen LogP contribution in [-0.4, -0.2) is 19.1 Å². The molecule has 0 bridgehead atoms. The number of nitriles is 1. The van der Waals surface area contributed by atoms with E-state index < -0.39 is 5.41 Å². The van der Waals surface area contributed by atoms with E-state index in [0.29, 0.717) is 37.6 Å². The van der Waals surface area contributed by atoms with Crippen molar-refractivity contribution in [2.75, 3.05) is 13.2 Å². The number of amides is 1. The lowest BCUT2D eigenvalue weighted by Crippen LogP contribution is -2.47. The summed E-state index contributed by atoms with van der Waals surface area (Å²) in [4.78, 5) is 14.2. The normalized spacial score (nSPS) is 15.9. The van der Waals surface area contributed by atoms with Crippen molar-refractivity contribution < 1.29 is 9.53 Å². The zero-order valence-corrected chi connectivity index (χ0v) is 16.9. The van der Waals surface area contributed by atoms with E-state index in [4.69, 9.17) is 21.6 Å². The second-order valence-corrected chi connectivity index (χ2v) is 7.99. The Labute approximate surface area is 174 Å². The molecule has 0 unspecified atom stereocenters. The second-order valence-electron chi connectivity index (χ2n) is 6.58. The zero-order chi connectivity index (χ0) is 19.8. The van der Waals surface area contributed by atoms with E-state index in [1.165, 1.54) is 17.8 Å². The number of halogens is 1. The molecule has 3 rings (SSSR count). The maximum Gasteiger partial charge on any atom is 0.231 e. The van der Waals surface area contributed by atoms with E-state index in [1.807, 2.05) is 54.6 Å². The predicted molar refractivity (Wildman–Crippen MR) is 112 cm³/mol. The molecule has 0 radical (unpaired) electrons. The van der Waals surface area contributed by atoms with E-state index in [1.54, 1.807) is 5.41 Å². The third-order valence-electron chi connectivity index (χ3n) is 4.90. The third kappa shape index (κ3) is 4.96. The van der Waals surface area contributed by atoms with Gasteiger partial charge in [-0.3, -0.25) is 4.79 Å². The van der Waals surface area contributed by atoms with Crippen LogP contribution >= 0.6 is 23.4 Å². The standard InChI is InChI=1S/C22H21ClN2O2S/c23-19-6-2-17(3-7-19)16-25-21(26)22(10-13-27-14-11-22)18-4-8-20(9-5-18)28-15-1-12-24/h1-9,15H,10-11,13-14,16H2,(H,25,26). The Morgan fingerprint density at radius 3 is 2.50 bits per heavy atom. The fraction of sp³-hybridized carbons (Fsp3) is 0.273. The summed E-state index contributed by atoms with van der Waals surface area (Å²) in [5.74, 6) is 0.0236. The lowest BCUT2D eigenvalue weighted by Gasteiger charge is -2.36.